The van der Waals surface area contributed by atoms with E-state index >= 15 is 0 Å². The molecule has 15 heteroatoms. The number of nitro groups is 2. The summed E-state index contributed by atoms with van der Waals surface area (Å²) in [6, 6.07) is 11.5. The molecule has 2 aromatic rings. The van der Waals surface area contributed by atoms with Crippen molar-refractivity contribution in [3.8, 4) is 0 Å². The molecule has 0 spiro atoms. The maximum Gasteiger partial charge on any atom is 0.353 e. The lowest BCUT2D eigenvalue weighted by Crippen LogP contribution is -2.70. The number of aliphatic hydroxyl groups is 1. The molecule has 3 aliphatic heterocycles. The van der Waals surface area contributed by atoms with Gasteiger partial charge in [0, 0.05) is 41.4 Å². The first-order valence-corrected chi connectivity index (χ1v) is 15.3. The van der Waals surface area contributed by atoms with E-state index in [0.717, 1.165) is 12.1 Å². The Morgan fingerprint density at radius 3 is 2.47 bits per heavy atom. The second kappa shape index (κ2) is 12.1. The third-order valence-electron chi connectivity index (χ3n) is 7.82. The van der Waals surface area contributed by atoms with Gasteiger partial charge in [0.25, 0.3) is 0 Å². The van der Waals surface area contributed by atoms with Crippen LogP contribution in [-0.2, 0) is 16.0 Å². The highest BCUT2D eigenvalue weighted by Crippen LogP contribution is 2.57. The Kier molecular flexibility index (Phi) is 8.61. The number of aliphatic hydroxyl groups excluding tert-OH is 1. The van der Waals surface area contributed by atoms with E-state index in [1.165, 1.54) is 39.9 Å². The number of carboxylic acids is 1. The topological polar surface area (TPSA) is 184 Å². The minimum Gasteiger partial charge on any atom is -0.477 e. The van der Waals surface area contributed by atoms with E-state index in [4.69, 9.17) is 0 Å². The molecule has 2 N–H and O–H groups in total. The Labute approximate surface area is 254 Å². The number of amides is 1. The number of hydrogen-bond acceptors (Lipinski definition) is 11. The van der Waals surface area contributed by atoms with Gasteiger partial charge in [-0.25, -0.2) is 4.79 Å². The van der Waals surface area contributed by atoms with E-state index in [1.54, 1.807) is 37.3 Å². The number of hydrogen-bond donors (Lipinski definition) is 2. The molecule has 5 atom stereocenters. The molecule has 0 saturated carbocycles. The van der Waals surface area contributed by atoms with Crippen LogP contribution in [-0.4, -0.2) is 88.1 Å². The molecule has 3 aliphatic rings. The first kappa shape index (κ1) is 30.7. The number of ketones is 1. The second-order valence-electron chi connectivity index (χ2n) is 10.7. The van der Waals surface area contributed by atoms with Crippen LogP contribution in [0.4, 0.5) is 11.4 Å². The van der Waals surface area contributed by atoms with Crippen LogP contribution in [0.5, 0.6) is 0 Å². The van der Waals surface area contributed by atoms with Gasteiger partial charge in [0.1, 0.15) is 15.8 Å². The van der Waals surface area contributed by atoms with E-state index < -0.39 is 49.5 Å². The highest BCUT2D eigenvalue weighted by atomic mass is 32.2. The number of carbonyl (C=O) groups is 3. The lowest BCUT2D eigenvalue weighted by Gasteiger charge is -2.53. The van der Waals surface area contributed by atoms with E-state index in [9.17, 15) is 44.8 Å². The van der Waals surface area contributed by atoms with Crippen LogP contribution in [0.15, 0.2) is 59.6 Å². The van der Waals surface area contributed by atoms with Crippen molar-refractivity contribution >= 4 is 52.6 Å². The molecule has 2 aromatic carbocycles. The molecular formula is C28H28N4O9S2. The Morgan fingerprint density at radius 2 is 1.84 bits per heavy atom. The van der Waals surface area contributed by atoms with Crippen LogP contribution in [0.1, 0.15) is 35.7 Å². The summed E-state index contributed by atoms with van der Waals surface area (Å²) in [6.07, 6.45) is 0.00582. The molecule has 2 fully saturated rings. The third-order valence-corrected chi connectivity index (χ3v) is 10.9. The van der Waals surface area contributed by atoms with Crippen LogP contribution < -0.4 is 0 Å². The zero-order valence-electron chi connectivity index (χ0n) is 22.9. The quantitative estimate of drug-likeness (QED) is 0.151. The van der Waals surface area contributed by atoms with E-state index in [2.05, 4.69) is 0 Å². The molecule has 13 nitrogen and oxygen atoms in total. The standard InChI is InChI=1S/C28H28N4O9S2/c1-16(33)13-28(26(37)30-23(25(35)36)15-42-27(28)30)43-19-9-10-29(14-19)22(24(34)18-5-3-2-4-6-18)12-17-7-8-20(31(38)39)21(11-17)32(40)41/h2-8,11,15-16,19,22,27,33H,9-10,12-14H2,1H3,(H,35,36)/t16?,19?,22?,27-,28-/m1/s1. The zero-order chi connectivity index (χ0) is 31.1. The Balaban J connectivity index is 1.39. The van der Waals surface area contributed by atoms with Crippen molar-refractivity contribution < 1.29 is 34.4 Å². The van der Waals surface area contributed by atoms with Crippen molar-refractivity contribution in [1.29, 1.82) is 0 Å². The molecular weight excluding hydrogens is 600 g/mol. The van der Waals surface area contributed by atoms with Crippen LogP contribution in [0, 0.1) is 20.2 Å². The van der Waals surface area contributed by atoms with Gasteiger partial charge in [-0.15, -0.1) is 23.5 Å². The summed E-state index contributed by atoms with van der Waals surface area (Å²) in [4.78, 5) is 63.3. The molecule has 0 bridgehead atoms. The average Bonchev–Trinajstić information content (AvgIpc) is 3.61. The first-order valence-electron chi connectivity index (χ1n) is 13.5. The van der Waals surface area contributed by atoms with Gasteiger partial charge in [0.15, 0.2) is 5.78 Å². The summed E-state index contributed by atoms with van der Waals surface area (Å²) < 4.78 is -1.04. The van der Waals surface area contributed by atoms with Crippen molar-refractivity contribution in [3.63, 3.8) is 0 Å². The summed E-state index contributed by atoms with van der Waals surface area (Å²) >= 11 is 2.64. The maximum absolute atomic E-state index is 13.8. The monoisotopic (exact) mass is 628 g/mol. The number of aliphatic carboxylic acids is 1. The predicted octanol–water partition coefficient (Wildman–Crippen LogP) is 3.46. The predicted molar refractivity (Wildman–Crippen MR) is 159 cm³/mol. The highest BCUT2D eigenvalue weighted by molar-refractivity contribution is 8.07. The summed E-state index contributed by atoms with van der Waals surface area (Å²) in [5, 5.41) is 43.5. The normalized spacial score (nSPS) is 24.6. The first-order chi connectivity index (χ1) is 20.4. The second-order valence-corrected chi connectivity index (χ2v) is 13.3. The van der Waals surface area contributed by atoms with Gasteiger partial charge in [-0.2, -0.15) is 0 Å². The van der Waals surface area contributed by atoms with E-state index in [0.29, 0.717) is 30.6 Å². The summed E-state index contributed by atoms with van der Waals surface area (Å²) in [5.74, 6) is -1.77. The molecule has 1 amide bonds. The van der Waals surface area contributed by atoms with Crippen molar-refractivity contribution in [2.75, 3.05) is 13.1 Å². The maximum atomic E-state index is 13.8. The molecule has 0 aliphatic carbocycles. The summed E-state index contributed by atoms with van der Waals surface area (Å²) in [6.45, 7) is 2.46. The lowest BCUT2D eigenvalue weighted by atomic mass is 9.90. The minimum absolute atomic E-state index is 0.0693. The summed E-state index contributed by atoms with van der Waals surface area (Å²) in [5.41, 5.74) is -0.525. The molecule has 3 unspecified atom stereocenters. The van der Waals surface area contributed by atoms with Crippen molar-refractivity contribution in [3.05, 3.63) is 91.0 Å². The average molecular weight is 629 g/mol. The lowest BCUT2D eigenvalue weighted by molar-refractivity contribution is -0.422. The Bertz CT molecular complexity index is 1520. The highest BCUT2D eigenvalue weighted by Gasteiger charge is 2.66. The van der Waals surface area contributed by atoms with E-state index in [1.807, 2.05) is 4.90 Å². The summed E-state index contributed by atoms with van der Waals surface area (Å²) in [7, 11) is 0. The number of Topliss-reactive ketones (excluding diaryl/α,β-unsaturated/α-hetero) is 1. The fraction of sp³-hybridized carbons (Fsp3) is 0.393. The van der Waals surface area contributed by atoms with Gasteiger partial charge in [-0.1, -0.05) is 36.4 Å². The van der Waals surface area contributed by atoms with Crippen LogP contribution >= 0.6 is 23.5 Å². The minimum atomic E-state index is -1.19. The fourth-order valence-corrected chi connectivity index (χ4v) is 9.32. The molecule has 5 rings (SSSR count). The molecule has 3 heterocycles. The number of rotatable bonds is 12. The number of fused-ring (bicyclic) bond motifs is 1. The number of β-lactam (4-membered cyclic amide) rings is 1. The smallest absolute Gasteiger partial charge is 0.353 e. The largest absolute Gasteiger partial charge is 0.477 e. The number of carboxylic acid groups (broad SMARTS) is 1. The van der Waals surface area contributed by atoms with Gasteiger partial charge < -0.3 is 10.2 Å². The molecule has 0 aromatic heterocycles. The number of benzene rings is 2. The van der Waals surface area contributed by atoms with Crippen LogP contribution in [0.2, 0.25) is 0 Å². The number of thioether (sulfide) groups is 2. The molecule has 0 radical (unpaired) electrons. The van der Waals surface area contributed by atoms with Gasteiger partial charge >= 0.3 is 17.3 Å². The fourth-order valence-electron chi connectivity index (χ4n) is 5.92. The van der Waals surface area contributed by atoms with Gasteiger partial charge in [0.2, 0.25) is 5.91 Å². The van der Waals surface area contributed by atoms with Gasteiger partial charge in [0.05, 0.1) is 22.0 Å². The van der Waals surface area contributed by atoms with Crippen LogP contribution in [0.3, 0.4) is 0 Å². The number of carbonyl (C=O) groups excluding carboxylic acids is 2. The van der Waals surface area contributed by atoms with Gasteiger partial charge in [-0.3, -0.25) is 39.6 Å². The van der Waals surface area contributed by atoms with Gasteiger partial charge in [-0.05, 0) is 31.7 Å². The molecule has 226 valence electrons. The number of nitrogens with zero attached hydrogens (tertiary/aromatic N) is 4. The number of nitro benzene ring substituents is 2. The van der Waals surface area contributed by atoms with E-state index in [-0.39, 0.29) is 35.5 Å². The van der Waals surface area contributed by atoms with Crippen molar-refractivity contribution in [2.24, 2.45) is 0 Å². The zero-order valence-corrected chi connectivity index (χ0v) is 24.5. The van der Waals surface area contributed by atoms with Crippen molar-refractivity contribution in [1.82, 2.24) is 9.80 Å². The SMILES string of the molecule is CC(O)C[C@@]1(SC2CCN(C(Cc3ccc([N+](=O)[O-])c([N+](=O)[O-])c3)C(=O)c3ccccc3)C2)C(=O)N2C(C(=O)O)=CS[C@@H]21. The molecule has 43 heavy (non-hydrogen) atoms. The van der Waals surface area contributed by atoms with Crippen LogP contribution in [0.25, 0.3) is 0 Å². The Morgan fingerprint density at radius 1 is 1.14 bits per heavy atom. The number of likely N-dealkylation sites (tertiary alicyclic amines) is 1. The van der Waals surface area contributed by atoms with Crippen molar-refractivity contribution in [2.45, 2.75) is 53.7 Å². The Hall–Kier alpha value is -3.79. The molecule has 2 saturated heterocycles. The third kappa shape index (κ3) is 5.77.